The number of halogens is 3. The molecule has 0 atom stereocenters. The lowest BCUT2D eigenvalue weighted by molar-refractivity contribution is 0.302. The van der Waals surface area contributed by atoms with Crippen molar-refractivity contribution in [3.05, 3.63) is 63.6 Å². The number of hydrogen-bond donors (Lipinski definition) is 1. The molecule has 0 fully saturated rings. The first-order valence-electron chi connectivity index (χ1n) is 7.56. The zero-order valence-corrected chi connectivity index (χ0v) is 15.5. The van der Waals surface area contributed by atoms with Gasteiger partial charge >= 0.3 is 0 Å². The first-order chi connectivity index (χ1) is 10.7. The van der Waals surface area contributed by atoms with E-state index in [1.165, 1.54) is 12.8 Å². The minimum absolute atomic E-state index is 0. The van der Waals surface area contributed by atoms with E-state index in [0.29, 0.717) is 16.7 Å². The Morgan fingerprint density at radius 3 is 2.57 bits per heavy atom. The lowest BCUT2D eigenvalue weighted by atomic mass is 10.2. The molecule has 0 saturated heterocycles. The van der Waals surface area contributed by atoms with E-state index in [4.69, 9.17) is 27.9 Å². The van der Waals surface area contributed by atoms with Crippen LogP contribution < -0.4 is 10.1 Å². The molecule has 1 N–H and O–H groups in total. The van der Waals surface area contributed by atoms with Crippen LogP contribution in [-0.4, -0.2) is 6.54 Å². The van der Waals surface area contributed by atoms with Gasteiger partial charge in [0.05, 0.1) is 0 Å². The zero-order valence-electron chi connectivity index (χ0n) is 13.1. The molecule has 2 rings (SSSR count). The molecule has 0 aliphatic carbocycles. The summed E-state index contributed by atoms with van der Waals surface area (Å²) in [7, 11) is 0. The lowest BCUT2D eigenvalue weighted by Gasteiger charge is -2.13. The quantitative estimate of drug-likeness (QED) is 0.582. The summed E-state index contributed by atoms with van der Waals surface area (Å²) in [5.74, 6) is 0.887. The number of unbranched alkanes of at least 4 members (excludes halogenated alkanes) is 1. The topological polar surface area (TPSA) is 21.3 Å². The minimum Gasteiger partial charge on any atom is -0.489 e. The molecule has 0 unspecified atom stereocenters. The first-order valence-corrected chi connectivity index (χ1v) is 8.31. The molecule has 0 radical (unpaired) electrons. The maximum atomic E-state index is 6.18. The van der Waals surface area contributed by atoms with Crippen molar-refractivity contribution in [2.24, 2.45) is 0 Å². The van der Waals surface area contributed by atoms with Gasteiger partial charge in [-0.3, -0.25) is 0 Å². The van der Waals surface area contributed by atoms with Gasteiger partial charge in [-0.2, -0.15) is 0 Å². The predicted molar refractivity (Wildman–Crippen MR) is 101 cm³/mol. The molecule has 23 heavy (non-hydrogen) atoms. The van der Waals surface area contributed by atoms with Gasteiger partial charge in [-0.05, 0) is 31.2 Å². The van der Waals surface area contributed by atoms with Crippen molar-refractivity contribution >= 4 is 35.6 Å². The number of benzene rings is 2. The van der Waals surface area contributed by atoms with Crippen LogP contribution in [0, 0.1) is 0 Å². The van der Waals surface area contributed by atoms with Crippen LogP contribution in [0.1, 0.15) is 30.9 Å². The van der Waals surface area contributed by atoms with E-state index in [2.05, 4.69) is 18.3 Å². The molecule has 2 aromatic carbocycles. The van der Waals surface area contributed by atoms with Crippen molar-refractivity contribution < 1.29 is 4.74 Å². The van der Waals surface area contributed by atoms with Crippen LogP contribution >= 0.6 is 35.6 Å². The molecule has 126 valence electrons. The molecule has 2 aromatic rings. The number of ether oxygens (including phenoxy) is 1. The Hall–Kier alpha value is -0.930. The highest BCUT2D eigenvalue weighted by Gasteiger charge is 2.06. The smallest absolute Gasteiger partial charge is 0.124 e. The van der Waals surface area contributed by atoms with Crippen molar-refractivity contribution in [1.29, 1.82) is 0 Å². The largest absolute Gasteiger partial charge is 0.489 e. The summed E-state index contributed by atoms with van der Waals surface area (Å²) in [6.45, 7) is 4.45. The van der Waals surface area contributed by atoms with Gasteiger partial charge in [0.15, 0.2) is 0 Å². The minimum atomic E-state index is 0. The van der Waals surface area contributed by atoms with E-state index in [1.807, 2.05) is 30.3 Å². The fourth-order valence-corrected chi connectivity index (χ4v) is 2.57. The second-order valence-electron chi connectivity index (χ2n) is 5.16. The van der Waals surface area contributed by atoms with E-state index in [1.54, 1.807) is 6.07 Å². The Kier molecular flexibility index (Phi) is 9.42. The Bertz CT molecular complexity index is 605. The molecular formula is C18H22Cl3NO. The van der Waals surface area contributed by atoms with Crippen molar-refractivity contribution in [3.8, 4) is 5.75 Å². The summed E-state index contributed by atoms with van der Waals surface area (Å²) in [4.78, 5) is 0. The maximum absolute atomic E-state index is 6.18. The molecule has 5 heteroatoms. The summed E-state index contributed by atoms with van der Waals surface area (Å²) in [5, 5.41) is 4.70. The lowest BCUT2D eigenvalue weighted by Crippen LogP contribution is -2.15. The number of rotatable bonds is 8. The van der Waals surface area contributed by atoms with Gasteiger partial charge in [0, 0.05) is 27.7 Å². The molecule has 0 bridgehead atoms. The zero-order chi connectivity index (χ0) is 15.8. The van der Waals surface area contributed by atoms with E-state index in [9.17, 15) is 0 Å². The van der Waals surface area contributed by atoms with Crippen LogP contribution in [-0.2, 0) is 13.2 Å². The van der Waals surface area contributed by atoms with Crippen molar-refractivity contribution in [1.82, 2.24) is 5.32 Å². The van der Waals surface area contributed by atoms with Crippen LogP contribution in [0.4, 0.5) is 0 Å². The molecule has 0 saturated carbocycles. The van der Waals surface area contributed by atoms with Gasteiger partial charge in [-0.15, -0.1) is 12.4 Å². The third-order valence-electron chi connectivity index (χ3n) is 3.39. The second-order valence-corrected chi connectivity index (χ2v) is 6.01. The summed E-state index contributed by atoms with van der Waals surface area (Å²) in [5.41, 5.74) is 2.09. The van der Waals surface area contributed by atoms with Crippen LogP contribution in [0.3, 0.4) is 0 Å². The third-order valence-corrected chi connectivity index (χ3v) is 3.98. The fourth-order valence-electron chi connectivity index (χ4n) is 2.11. The molecule has 0 spiro atoms. The number of nitrogens with one attached hydrogen (secondary N) is 1. The number of hydrogen-bond acceptors (Lipinski definition) is 2. The molecule has 2 nitrogen and oxygen atoms in total. The highest BCUT2D eigenvalue weighted by Crippen LogP contribution is 2.24. The molecule has 0 aliphatic heterocycles. The monoisotopic (exact) mass is 373 g/mol. The Labute approximate surface area is 154 Å². The standard InChI is InChI=1S/C18H21Cl2NO.ClH/c1-2-3-10-21-12-14-6-4-5-7-18(14)22-13-15-8-9-16(19)11-17(15)20;/h4-9,11,21H,2-3,10,12-13H2,1H3;1H. The fraction of sp³-hybridized carbons (Fsp3) is 0.333. The third kappa shape index (κ3) is 6.60. The van der Waals surface area contributed by atoms with Crippen LogP contribution in [0.2, 0.25) is 10.0 Å². The molecule has 0 aromatic heterocycles. The van der Waals surface area contributed by atoms with Crippen LogP contribution in [0.25, 0.3) is 0 Å². The van der Waals surface area contributed by atoms with E-state index >= 15 is 0 Å². The molecule has 0 amide bonds. The van der Waals surface area contributed by atoms with E-state index in [0.717, 1.165) is 30.0 Å². The normalized spacial score (nSPS) is 10.2. The number of para-hydroxylation sites is 1. The average Bonchev–Trinajstić information content (AvgIpc) is 2.52. The second kappa shape index (κ2) is 10.8. The van der Waals surface area contributed by atoms with Gasteiger partial charge in [-0.1, -0.05) is 60.8 Å². The Morgan fingerprint density at radius 2 is 1.83 bits per heavy atom. The highest BCUT2D eigenvalue weighted by atomic mass is 35.5. The van der Waals surface area contributed by atoms with Crippen LogP contribution in [0.15, 0.2) is 42.5 Å². The van der Waals surface area contributed by atoms with Gasteiger partial charge in [0.25, 0.3) is 0 Å². The average molecular weight is 375 g/mol. The van der Waals surface area contributed by atoms with E-state index in [-0.39, 0.29) is 12.4 Å². The molecular weight excluding hydrogens is 353 g/mol. The van der Waals surface area contributed by atoms with Gasteiger partial charge in [0.2, 0.25) is 0 Å². The molecule has 0 aliphatic rings. The van der Waals surface area contributed by atoms with E-state index < -0.39 is 0 Å². The van der Waals surface area contributed by atoms with Gasteiger partial charge in [0.1, 0.15) is 12.4 Å². The first kappa shape index (κ1) is 20.1. The molecule has 0 heterocycles. The van der Waals surface area contributed by atoms with Crippen molar-refractivity contribution in [3.63, 3.8) is 0 Å². The highest BCUT2D eigenvalue weighted by molar-refractivity contribution is 6.35. The maximum Gasteiger partial charge on any atom is 0.124 e. The van der Waals surface area contributed by atoms with Crippen LogP contribution in [0.5, 0.6) is 5.75 Å². The summed E-state index contributed by atoms with van der Waals surface area (Å²) in [6.07, 6.45) is 2.38. The van der Waals surface area contributed by atoms with Gasteiger partial charge in [-0.25, -0.2) is 0 Å². The van der Waals surface area contributed by atoms with Crippen molar-refractivity contribution in [2.75, 3.05) is 6.54 Å². The van der Waals surface area contributed by atoms with Gasteiger partial charge < -0.3 is 10.1 Å². The summed E-state index contributed by atoms with van der Waals surface area (Å²) < 4.78 is 5.93. The summed E-state index contributed by atoms with van der Waals surface area (Å²) >= 11 is 12.1. The van der Waals surface area contributed by atoms with Crippen molar-refractivity contribution in [2.45, 2.75) is 32.9 Å². The Balaban J connectivity index is 0.00000264. The SMILES string of the molecule is CCCCNCc1ccccc1OCc1ccc(Cl)cc1Cl.Cl. The predicted octanol–water partition coefficient (Wildman–Crippen LogP) is 5.88. The summed E-state index contributed by atoms with van der Waals surface area (Å²) in [6, 6.07) is 13.5. The Morgan fingerprint density at radius 1 is 1.04 bits per heavy atom.